The lowest BCUT2D eigenvalue weighted by Gasteiger charge is -2.26. The minimum Gasteiger partial charge on any atom is -0.493 e. The summed E-state index contributed by atoms with van der Waals surface area (Å²) in [6, 6.07) is 18.4. The van der Waals surface area contributed by atoms with Gasteiger partial charge < -0.3 is 14.4 Å². The van der Waals surface area contributed by atoms with Crippen molar-refractivity contribution in [1.29, 1.82) is 0 Å². The fourth-order valence-electron chi connectivity index (χ4n) is 3.80. The van der Waals surface area contributed by atoms with Gasteiger partial charge in [0.05, 0.1) is 17.8 Å². The maximum absolute atomic E-state index is 12.6. The predicted molar refractivity (Wildman–Crippen MR) is 137 cm³/mol. The Bertz CT molecular complexity index is 1170. The topological polar surface area (TPSA) is 51.1 Å². The summed E-state index contributed by atoms with van der Waals surface area (Å²) in [4.78, 5) is 19.0. The van der Waals surface area contributed by atoms with Crippen LogP contribution in [0.4, 0.5) is 5.69 Å². The molecule has 1 heterocycles. The van der Waals surface area contributed by atoms with Gasteiger partial charge >= 0.3 is 0 Å². The molecule has 0 unspecified atom stereocenters. The molecular formula is C27H26Cl2N2O3. The molecular weight excluding hydrogens is 471 g/mol. The van der Waals surface area contributed by atoms with E-state index in [0.717, 1.165) is 37.1 Å². The Morgan fingerprint density at radius 1 is 0.971 bits per heavy atom. The largest absolute Gasteiger partial charge is 0.493 e. The van der Waals surface area contributed by atoms with Crippen molar-refractivity contribution in [2.24, 2.45) is 4.99 Å². The molecule has 0 saturated carbocycles. The van der Waals surface area contributed by atoms with Crippen LogP contribution in [-0.4, -0.2) is 37.2 Å². The van der Waals surface area contributed by atoms with Gasteiger partial charge in [-0.1, -0.05) is 35.3 Å². The molecule has 1 fully saturated rings. The van der Waals surface area contributed by atoms with Gasteiger partial charge in [-0.25, -0.2) is 0 Å². The van der Waals surface area contributed by atoms with Crippen LogP contribution in [0.2, 0.25) is 10.0 Å². The van der Waals surface area contributed by atoms with Gasteiger partial charge in [0, 0.05) is 29.9 Å². The molecule has 7 heteroatoms. The smallest absolute Gasteiger partial charge is 0.253 e. The molecule has 0 aliphatic carbocycles. The number of halogens is 2. The van der Waals surface area contributed by atoms with E-state index in [1.165, 1.54) is 6.42 Å². The molecule has 34 heavy (non-hydrogen) atoms. The van der Waals surface area contributed by atoms with E-state index in [1.54, 1.807) is 31.5 Å². The van der Waals surface area contributed by atoms with Crippen LogP contribution in [0.3, 0.4) is 0 Å². The van der Waals surface area contributed by atoms with E-state index >= 15 is 0 Å². The monoisotopic (exact) mass is 496 g/mol. The Hall–Kier alpha value is -3.02. The zero-order valence-electron chi connectivity index (χ0n) is 19.0. The number of hydrogen-bond acceptors (Lipinski definition) is 4. The number of amides is 1. The number of likely N-dealkylation sites (tertiary alicyclic amines) is 1. The van der Waals surface area contributed by atoms with Crippen LogP contribution in [-0.2, 0) is 6.61 Å². The molecule has 0 N–H and O–H groups in total. The standard InChI is InChI=1S/C27H26Cl2N2O3/c1-33-26-15-20(17-30-24-11-10-22(28)16-23(24)29)7-12-25(26)34-18-19-5-8-21(9-6-19)27(32)31-13-3-2-4-14-31/h5-12,15-17H,2-4,13-14,18H2,1H3. The van der Waals surface area contributed by atoms with Crippen molar-refractivity contribution in [2.45, 2.75) is 25.9 Å². The average Bonchev–Trinajstić information content (AvgIpc) is 2.87. The van der Waals surface area contributed by atoms with E-state index in [2.05, 4.69) is 4.99 Å². The van der Waals surface area contributed by atoms with Crippen LogP contribution in [0.25, 0.3) is 0 Å². The minimum absolute atomic E-state index is 0.103. The summed E-state index contributed by atoms with van der Waals surface area (Å²) in [6.07, 6.45) is 5.07. The first kappa shape index (κ1) is 24.1. The summed E-state index contributed by atoms with van der Waals surface area (Å²) < 4.78 is 11.5. The molecule has 1 saturated heterocycles. The second-order valence-electron chi connectivity index (χ2n) is 8.10. The molecule has 0 atom stereocenters. The van der Waals surface area contributed by atoms with Crippen molar-refractivity contribution < 1.29 is 14.3 Å². The Morgan fingerprint density at radius 3 is 2.44 bits per heavy atom. The maximum Gasteiger partial charge on any atom is 0.253 e. The Morgan fingerprint density at radius 2 is 1.74 bits per heavy atom. The van der Waals surface area contributed by atoms with Crippen LogP contribution in [0.1, 0.15) is 40.7 Å². The van der Waals surface area contributed by atoms with Crippen LogP contribution < -0.4 is 9.47 Å². The van der Waals surface area contributed by atoms with E-state index in [1.807, 2.05) is 47.4 Å². The number of nitrogens with zero attached hydrogens (tertiary/aromatic N) is 2. The molecule has 0 bridgehead atoms. The molecule has 1 aliphatic rings. The van der Waals surface area contributed by atoms with E-state index < -0.39 is 0 Å². The molecule has 0 spiro atoms. The maximum atomic E-state index is 12.6. The van der Waals surface area contributed by atoms with Crippen LogP contribution in [0.15, 0.2) is 65.7 Å². The number of methoxy groups -OCH3 is 1. The van der Waals surface area contributed by atoms with Crippen molar-refractivity contribution in [2.75, 3.05) is 20.2 Å². The van der Waals surface area contributed by atoms with Crippen LogP contribution in [0.5, 0.6) is 11.5 Å². The fourth-order valence-corrected chi connectivity index (χ4v) is 4.26. The molecule has 0 aromatic heterocycles. The summed E-state index contributed by atoms with van der Waals surface area (Å²) in [5, 5.41) is 1.05. The predicted octanol–water partition coefficient (Wildman–Crippen LogP) is 6.96. The number of aliphatic imine (C=N–C) groups is 1. The van der Waals surface area contributed by atoms with Gasteiger partial charge in [-0.3, -0.25) is 9.79 Å². The first-order valence-electron chi connectivity index (χ1n) is 11.2. The molecule has 3 aromatic carbocycles. The van der Waals surface area contributed by atoms with Gasteiger partial charge in [-0.15, -0.1) is 0 Å². The van der Waals surface area contributed by atoms with Gasteiger partial charge in [0.25, 0.3) is 5.91 Å². The Labute approximate surface area is 209 Å². The second kappa shape index (κ2) is 11.4. The molecule has 0 radical (unpaired) electrons. The first-order chi connectivity index (χ1) is 16.5. The van der Waals surface area contributed by atoms with Crippen molar-refractivity contribution >= 4 is 41.0 Å². The summed E-state index contributed by atoms with van der Waals surface area (Å²) in [5.41, 5.74) is 3.16. The molecule has 3 aromatic rings. The third-order valence-corrected chi connectivity index (χ3v) is 6.23. The summed E-state index contributed by atoms with van der Waals surface area (Å²) >= 11 is 12.1. The van der Waals surface area contributed by atoms with E-state index in [0.29, 0.717) is 39.4 Å². The van der Waals surface area contributed by atoms with Gasteiger partial charge in [0.1, 0.15) is 6.61 Å². The van der Waals surface area contributed by atoms with Crippen molar-refractivity contribution in [1.82, 2.24) is 4.90 Å². The van der Waals surface area contributed by atoms with Crippen molar-refractivity contribution in [3.8, 4) is 11.5 Å². The average molecular weight is 497 g/mol. The first-order valence-corrected chi connectivity index (χ1v) is 12.0. The highest BCUT2D eigenvalue weighted by Gasteiger charge is 2.18. The second-order valence-corrected chi connectivity index (χ2v) is 8.95. The quantitative estimate of drug-likeness (QED) is 0.332. The number of ether oxygens (including phenoxy) is 2. The number of benzene rings is 3. The van der Waals surface area contributed by atoms with E-state index in [-0.39, 0.29) is 5.91 Å². The highest BCUT2D eigenvalue weighted by molar-refractivity contribution is 6.36. The molecule has 5 nitrogen and oxygen atoms in total. The van der Waals surface area contributed by atoms with E-state index in [9.17, 15) is 4.79 Å². The number of piperidine rings is 1. The zero-order chi connectivity index (χ0) is 23.9. The fraction of sp³-hybridized carbons (Fsp3) is 0.259. The lowest BCUT2D eigenvalue weighted by atomic mass is 10.1. The lowest BCUT2D eigenvalue weighted by molar-refractivity contribution is 0.0724. The van der Waals surface area contributed by atoms with Crippen molar-refractivity contribution in [3.63, 3.8) is 0 Å². The third-order valence-electron chi connectivity index (χ3n) is 5.69. The lowest BCUT2D eigenvalue weighted by Crippen LogP contribution is -2.35. The normalized spacial score (nSPS) is 13.8. The number of carbonyl (C=O) groups is 1. The molecule has 176 valence electrons. The number of carbonyl (C=O) groups excluding carboxylic acids is 1. The highest BCUT2D eigenvalue weighted by Crippen LogP contribution is 2.30. The van der Waals surface area contributed by atoms with Gasteiger partial charge in [-0.2, -0.15) is 0 Å². The summed E-state index contributed by atoms with van der Waals surface area (Å²) in [6.45, 7) is 2.05. The minimum atomic E-state index is 0.103. The molecule has 1 aliphatic heterocycles. The number of hydrogen-bond donors (Lipinski definition) is 0. The Balaban J connectivity index is 1.39. The number of rotatable bonds is 7. The summed E-state index contributed by atoms with van der Waals surface area (Å²) in [7, 11) is 1.60. The van der Waals surface area contributed by atoms with Gasteiger partial charge in [-0.05, 0) is 78.9 Å². The SMILES string of the molecule is COc1cc(C=Nc2ccc(Cl)cc2Cl)ccc1OCc1ccc(C(=O)N2CCCCC2)cc1. The van der Waals surface area contributed by atoms with E-state index in [4.69, 9.17) is 32.7 Å². The van der Waals surface area contributed by atoms with Crippen LogP contribution in [0, 0.1) is 0 Å². The zero-order valence-corrected chi connectivity index (χ0v) is 20.5. The highest BCUT2D eigenvalue weighted by atomic mass is 35.5. The Kier molecular flexibility index (Phi) is 8.09. The van der Waals surface area contributed by atoms with Crippen molar-refractivity contribution in [3.05, 3.63) is 87.4 Å². The molecule has 1 amide bonds. The summed E-state index contributed by atoms with van der Waals surface area (Å²) in [5.74, 6) is 1.33. The van der Waals surface area contributed by atoms with Gasteiger partial charge in [0.15, 0.2) is 11.5 Å². The van der Waals surface area contributed by atoms with Crippen LogP contribution >= 0.6 is 23.2 Å². The molecule has 4 rings (SSSR count). The van der Waals surface area contributed by atoms with Gasteiger partial charge in [0.2, 0.25) is 0 Å². The third kappa shape index (κ3) is 6.10.